The summed E-state index contributed by atoms with van der Waals surface area (Å²) in [6.07, 6.45) is 6.34. The maximum absolute atomic E-state index is 12.4. The Balaban J connectivity index is 1.48. The fourth-order valence-electron chi connectivity index (χ4n) is 3.34. The van der Waals surface area contributed by atoms with E-state index in [4.69, 9.17) is 4.99 Å². The van der Waals surface area contributed by atoms with Crippen LogP contribution in [-0.4, -0.2) is 46.0 Å². The van der Waals surface area contributed by atoms with Crippen LogP contribution < -0.4 is 0 Å². The third-order valence-electron chi connectivity index (χ3n) is 4.57. The van der Waals surface area contributed by atoms with Crippen LogP contribution in [0, 0.1) is 0 Å². The molecule has 1 saturated heterocycles. The number of piperidine rings is 1. The van der Waals surface area contributed by atoms with E-state index in [9.17, 15) is 4.79 Å². The Kier molecular flexibility index (Phi) is 4.08. The minimum atomic E-state index is 0.219. The molecule has 0 aromatic heterocycles. The van der Waals surface area contributed by atoms with Gasteiger partial charge in [-0.15, -0.1) is 0 Å². The molecule has 0 bridgehead atoms. The number of para-hydroxylation sites is 1. The summed E-state index contributed by atoms with van der Waals surface area (Å²) in [7, 11) is 0. The van der Waals surface area contributed by atoms with Gasteiger partial charge in [-0.25, -0.2) is 10.0 Å². The molecule has 23 heavy (non-hydrogen) atoms. The van der Waals surface area contributed by atoms with E-state index in [1.165, 1.54) is 23.7 Å². The van der Waals surface area contributed by atoms with Crippen LogP contribution in [0.5, 0.6) is 0 Å². The van der Waals surface area contributed by atoms with Crippen LogP contribution in [-0.2, 0) is 4.79 Å². The zero-order valence-electron chi connectivity index (χ0n) is 13.0. The minimum absolute atomic E-state index is 0.219. The van der Waals surface area contributed by atoms with Crippen LogP contribution in [0.1, 0.15) is 37.3 Å². The van der Waals surface area contributed by atoms with Gasteiger partial charge in [-0.2, -0.15) is 5.10 Å². The lowest BCUT2D eigenvalue weighted by Gasteiger charge is -2.30. The van der Waals surface area contributed by atoms with Crippen molar-refractivity contribution in [1.82, 2.24) is 9.91 Å². The predicted molar refractivity (Wildman–Crippen MR) is 94.1 cm³/mol. The molecule has 0 N–H and O–H groups in total. The molecule has 1 aromatic rings. The average Bonchev–Trinajstić information content (AvgIpc) is 3.10. The Morgan fingerprint density at radius 1 is 1.22 bits per heavy atom. The second kappa shape index (κ2) is 6.35. The Bertz CT molecular complexity index is 666. The molecule has 1 unspecified atom stereocenters. The number of aliphatic imine (C=N–C) groups is 1. The SMILES string of the molecule is O=C(CSC1=Nc2ccccc2C2CC=NN12)N1CCCCC1. The van der Waals surface area contributed by atoms with Gasteiger partial charge in [-0.3, -0.25) is 4.79 Å². The Morgan fingerprint density at radius 2 is 2.04 bits per heavy atom. The summed E-state index contributed by atoms with van der Waals surface area (Å²) in [6, 6.07) is 8.44. The minimum Gasteiger partial charge on any atom is -0.342 e. The molecule has 120 valence electrons. The number of nitrogens with zero attached hydrogens (tertiary/aromatic N) is 4. The summed E-state index contributed by atoms with van der Waals surface area (Å²) >= 11 is 1.51. The average molecular weight is 328 g/mol. The van der Waals surface area contributed by atoms with Crippen molar-refractivity contribution in [1.29, 1.82) is 0 Å². The lowest BCUT2D eigenvalue weighted by molar-refractivity contribution is -0.129. The van der Waals surface area contributed by atoms with Crippen molar-refractivity contribution in [3.63, 3.8) is 0 Å². The summed E-state index contributed by atoms with van der Waals surface area (Å²) in [5.74, 6) is 0.663. The number of fused-ring (bicyclic) bond motifs is 3. The lowest BCUT2D eigenvalue weighted by Crippen LogP contribution is -2.37. The van der Waals surface area contributed by atoms with Crippen molar-refractivity contribution in [2.45, 2.75) is 31.7 Å². The number of hydrogen-bond donors (Lipinski definition) is 0. The van der Waals surface area contributed by atoms with E-state index >= 15 is 0 Å². The van der Waals surface area contributed by atoms with E-state index in [0.717, 1.165) is 43.2 Å². The molecular weight excluding hydrogens is 308 g/mol. The van der Waals surface area contributed by atoms with E-state index in [1.54, 1.807) is 0 Å². The van der Waals surface area contributed by atoms with Crippen molar-refractivity contribution in [2.75, 3.05) is 18.8 Å². The van der Waals surface area contributed by atoms with Gasteiger partial charge in [0.2, 0.25) is 5.91 Å². The second-order valence-corrected chi connectivity index (χ2v) is 7.02. The van der Waals surface area contributed by atoms with Crippen LogP contribution in [0.4, 0.5) is 5.69 Å². The third kappa shape index (κ3) is 2.87. The fourth-order valence-corrected chi connectivity index (χ4v) is 4.25. The van der Waals surface area contributed by atoms with Crippen LogP contribution in [0.25, 0.3) is 0 Å². The molecule has 0 aliphatic carbocycles. The van der Waals surface area contributed by atoms with Crippen molar-refractivity contribution < 1.29 is 4.79 Å². The van der Waals surface area contributed by atoms with Gasteiger partial charge < -0.3 is 4.90 Å². The van der Waals surface area contributed by atoms with Gasteiger partial charge in [0.25, 0.3) is 0 Å². The molecular formula is C17H20N4OS. The smallest absolute Gasteiger partial charge is 0.233 e. The first-order chi connectivity index (χ1) is 11.3. The van der Waals surface area contributed by atoms with Crippen LogP contribution in [0.2, 0.25) is 0 Å². The maximum atomic E-state index is 12.4. The number of amidine groups is 1. The number of benzene rings is 1. The van der Waals surface area contributed by atoms with Crippen molar-refractivity contribution >= 4 is 34.7 Å². The van der Waals surface area contributed by atoms with E-state index in [1.807, 2.05) is 34.3 Å². The highest BCUT2D eigenvalue weighted by Gasteiger charge is 2.33. The van der Waals surface area contributed by atoms with E-state index in [-0.39, 0.29) is 11.9 Å². The molecule has 1 fully saturated rings. The molecule has 0 radical (unpaired) electrons. The molecule has 3 aliphatic rings. The molecule has 1 amide bonds. The first-order valence-corrected chi connectivity index (χ1v) is 9.21. The summed E-state index contributed by atoms with van der Waals surface area (Å²) in [6.45, 7) is 1.80. The lowest BCUT2D eigenvalue weighted by atomic mass is 10.0. The molecule has 0 spiro atoms. The predicted octanol–water partition coefficient (Wildman–Crippen LogP) is 3.17. The van der Waals surface area contributed by atoms with Gasteiger partial charge in [0, 0.05) is 31.3 Å². The van der Waals surface area contributed by atoms with Crippen molar-refractivity contribution in [3.8, 4) is 0 Å². The van der Waals surface area contributed by atoms with Crippen LogP contribution in [0.3, 0.4) is 0 Å². The monoisotopic (exact) mass is 328 g/mol. The fraction of sp³-hybridized carbons (Fsp3) is 0.471. The number of carbonyl (C=O) groups excluding carboxylic acids is 1. The highest BCUT2D eigenvalue weighted by molar-refractivity contribution is 8.14. The molecule has 5 nitrogen and oxygen atoms in total. The third-order valence-corrected chi connectivity index (χ3v) is 5.50. The summed E-state index contributed by atoms with van der Waals surface area (Å²) in [4.78, 5) is 19.1. The maximum Gasteiger partial charge on any atom is 0.233 e. The number of thioether (sulfide) groups is 1. The highest BCUT2D eigenvalue weighted by Crippen LogP contribution is 2.40. The van der Waals surface area contributed by atoms with Crippen molar-refractivity contribution in [3.05, 3.63) is 29.8 Å². The number of hydrogen-bond acceptors (Lipinski definition) is 5. The molecule has 4 rings (SSSR count). The standard InChI is InChI=1S/C17H20N4OS/c22-16(20-10-4-1-5-11-20)12-23-17-19-14-7-3-2-6-13(14)15-8-9-18-21(15)17/h2-3,6-7,9,15H,1,4-5,8,10-12H2. The van der Waals surface area contributed by atoms with Gasteiger partial charge >= 0.3 is 0 Å². The highest BCUT2D eigenvalue weighted by atomic mass is 32.2. The second-order valence-electron chi connectivity index (χ2n) is 6.08. The number of likely N-dealkylation sites (tertiary alicyclic amines) is 1. The number of hydrazone groups is 1. The number of carbonyl (C=O) groups is 1. The quantitative estimate of drug-likeness (QED) is 0.838. The van der Waals surface area contributed by atoms with Gasteiger partial charge in [0.1, 0.15) is 0 Å². The Morgan fingerprint density at radius 3 is 2.91 bits per heavy atom. The van der Waals surface area contributed by atoms with Gasteiger partial charge in [-0.05, 0) is 25.3 Å². The summed E-state index contributed by atoms with van der Waals surface area (Å²) in [5.41, 5.74) is 2.23. The first-order valence-electron chi connectivity index (χ1n) is 8.23. The topological polar surface area (TPSA) is 48.3 Å². The molecule has 3 heterocycles. The molecule has 0 saturated carbocycles. The Hall–Kier alpha value is -1.82. The van der Waals surface area contributed by atoms with E-state index in [2.05, 4.69) is 11.2 Å². The van der Waals surface area contributed by atoms with E-state index in [0.29, 0.717) is 5.75 Å². The Labute approximate surface area is 140 Å². The summed E-state index contributed by atoms with van der Waals surface area (Å²) < 4.78 is 0. The van der Waals surface area contributed by atoms with Gasteiger partial charge in [-0.1, -0.05) is 30.0 Å². The van der Waals surface area contributed by atoms with Crippen molar-refractivity contribution in [2.24, 2.45) is 10.1 Å². The van der Waals surface area contributed by atoms with Gasteiger partial charge in [0.05, 0.1) is 17.5 Å². The van der Waals surface area contributed by atoms with Crippen LogP contribution in [0.15, 0.2) is 34.4 Å². The molecule has 1 aromatic carbocycles. The molecule has 6 heteroatoms. The van der Waals surface area contributed by atoms with Gasteiger partial charge in [0.15, 0.2) is 5.17 Å². The summed E-state index contributed by atoms with van der Waals surface area (Å²) in [5, 5.41) is 7.27. The van der Waals surface area contributed by atoms with Crippen LogP contribution >= 0.6 is 11.8 Å². The van der Waals surface area contributed by atoms with E-state index < -0.39 is 0 Å². The molecule has 1 atom stereocenters. The first kappa shape index (κ1) is 14.8. The zero-order chi connectivity index (χ0) is 15.6. The normalized spacial score (nSPS) is 22.6. The zero-order valence-corrected chi connectivity index (χ0v) is 13.8. The number of amides is 1. The number of rotatable bonds is 2. The largest absolute Gasteiger partial charge is 0.342 e. The molecule has 3 aliphatic heterocycles.